The molecule has 2 saturated heterocycles. The molecule has 2 fully saturated rings. The summed E-state index contributed by atoms with van der Waals surface area (Å²) >= 11 is 0. The van der Waals surface area contributed by atoms with Crippen LogP contribution in [-0.4, -0.2) is 34.5 Å². The molecule has 5 nitrogen and oxygen atoms in total. The number of amides is 2. The lowest BCUT2D eigenvalue weighted by atomic mass is 9.86. The summed E-state index contributed by atoms with van der Waals surface area (Å²) in [6.07, 6.45) is 2.77. The minimum absolute atomic E-state index is 0.0459. The lowest BCUT2D eigenvalue weighted by molar-refractivity contribution is -0.130. The number of para-hydroxylation sites is 1. The van der Waals surface area contributed by atoms with Crippen LogP contribution in [0.2, 0.25) is 0 Å². The van der Waals surface area contributed by atoms with Gasteiger partial charge in [-0.15, -0.1) is 0 Å². The van der Waals surface area contributed by atoms with E-state index in [-0.39, 0.29) is 23.9 Å². The Morgan fingerprint density at radius 3 is 2.85 bits per heavy atom. The molecule has 1 aromatic rings. The number of carbonyl (C=O) groups is 2. The highest BCUT2D eigenvalue weighted by atomic mass is 16.2. The third-order valence-corrected chi connectivity index (χ3v) is 4.86. The van der Waals surface area contributed by atoms with E-state index in [1.807, 2.05) is 29.2 Å². The molecule has 3 heterocycles. The van der Waals surface area contributed by atoms with Crippen molar-refractivity contribution < 1.29 is 9.59 Å². The third kappa shape index (κ3) is 1.38. The number of carbonyl (C=O) groups excluding carboxylic acids is 2. The zero-order valence-corrected chi connectivity index (χ0v) is 11.3. The van der Waals surface area contributed by atoms with Gasteiger partial charge in [0.2, 0.25) is 5.91 Å². The Hall–Kier alpha value is -2.04. The van der Waals surface area contributed by atoms with Crippen molar-refractivity contribution in [2.45, 2.75) is 43.9 Å². The number of rotatable bonds is 0. The van der Waals surface area contributed by atoms with Gasteiger partial charge in [0.25, 0.3) is 5.91 Å². The average molecular weight is 271 g/mol. The van der Waals surface area contributed by atoms with Crippen molar-refractivity contribution in [3.63, 3.8) is 0 Å². The van der Waals surface area contributed by atoms with E-state index in [4.69, 9.17) is 0 Å². The molecular weight excluding hydrogens is 254 g/mol. The molecule has 0 radical (unpaired) electrons. The number of hydrogen-bond donors (Lipinski definition) is 2. The summed E-state index contributed by atoms with van der Waals surface area (Å²) in [5.74, 6) is 0.0553. The second-order valence-corrected chi connectivity index (χ2v) is 5.97. The summed E-state index contributed by atoms with van der Waals surface area (Å²) < 4.78 is 0. The standard InChI is InChI=1S/C15H17N3O2/c1-9(19)18-10-6-7-13(18)15(8-10)16-12-5-3-2-4-11(12)14(20)17-15/h2-5,10,13,16H,6-8H2,1H3,(H,17,20)/t10-,13-,15+/m1/s1. The Bertz CT molecular complexity index is 615. The van der Waals surface area contributed by atoms with Crippen LogP contribution in [0.3, 0.4) is 0 Å². The van der Waals surface area contributed by atoms with Gasteiger partial charge >= 0.3 is 0 Å². The number of nitrogens with zero attached hydrogens (tertiary/aromatic N) is 1. The van der Waals surface area contributed by atoms with Crippen molar-refractivity contribution in [2.24, 2.45) is 0 Å². The van der Waals surface area contributed by atoms with Crippen molar-refractivity contribution in [1.29, 1.82) is 0 Å². The predicted octanol–water partition coefficient (Wildman–Crippen LogP) is 1.32. The van der Waals surface area contributed by atoms with Gasteiger partial charge in [0.15, 0.2) is 0 Å². The molecule has 2 N–H and O–H groups in total. The second-order valence-electron chi connectivity index (χ2n) is 5.97. The molecule has 20 heavy (non-hydrogen) atoms. The van der Waals surface area contributed by atoms with E-state index in [2.05, 4.69) is 10.6 Å². The lowest BCUT2D eigenvalue weighted by Gasteiger charge is -2.42. The average Bonchev–Trinajstić information content (AvgIpc) is 2.94. The Labute approximate surface area is 117 Å². The SMILES string of the molecule is CC(=O)N1[C@@H]2CC[C@@H]1[C@]1(C2)NC(=O)c2ccccc2N1. The van der Waals surface area contributed by atoms with Crippen LogP contribution in [0.1, 0.15) is 36.5 Å². The Kier molecular flexibility index (Phi) is 2.20. The number of benzene rings is 1. The van der Waals surface area contributed by atoms with Crippen molar-refractivity contribution in [3.8, 4) is 0 Å². The van der Waals surface area contributed by atoms with Crippen molar-refractivity contribution in [1.82, 2.24) is 10.2 Å². The maximum atomic E-state index is 12.3. The normalized spacial score (nSPS) is 33.9. The van der Waals surface area contributed by atoms with E-state index in [0.29, 0.717) is 5.56 Å². The highest BCUT2D eigenvalue weighted by molar-refractivity contribution is 6.02. The van der Waals surface area contributed by atoms with Gasteiger partial charge in [-0.25, -0.2) is 0 Å². The molecule has 104 valence electrons. The summed E-state index contributed by atoms with van der Waals surface area (Å²) in [7, 11) is 0. The third-order valence-electron chi connectivity index (χ3n) is 4.86. The van der Waals surface area contributed by atoms with Crippen LogP contribution in [-0.2, 0) is 4.79 Å². The quantitative estimate of drug-likeness (QED) is 0.748. The van der Waals surface area contributed by atoms with E-state index >= 15 is 0 Å². The number of anilines is 1. The largest absolute Gasteiger partial charge is 0.360 e. The lowest BCUT2D eigenvalue weighted by Crippen LogP contribution is -2.64. The molecule has 0 unspecified atom stereocenters. The molecule has 3 atom stereocenters. The van der Waals surface area contributed by atoms with Crippen LogP contribution < -0.4 is 10.6 Å². The molecule has 3 aliphatic heterocycles. The first-order valence-corrected chi connectivity index (χ1v) is 7.09. The molecule has 2 bridgehead atoms. The van der Waals surface area contributed by atoms with Crippen molar-refractivity contribution in [3.05, 3.63) is 29.8 Å². The van der Waals surface area contributed by atoms with Gasteiger partial charge in [-0.2, -0.15) is 0 Å². The van der Waals surface area contributed by atoms with E-state index in [9.17, 15) is 9.59 Å². The van der Waals surface area contributed by atoms with Gasteiger partial charge in [-0.3, -0.25) is 9.59 Å². The van der Waals surface area contributed by atoms with Crippen LogP contribution in [0.4, 0.5) is 5.69 Å². The van der Waals surface area contributed by atoms with Crippen LogP contribution in [0.5, 0.6) is 0 Å². The maximum Gasteiger partial charge on any atom is 0.255 e. The smallest absolute Gasteiger partial charge is 0.255 e. The summed E-state index contributed by atoms with van der Waals surface area (Å²) in [5.41, 5.74) is 1.06. The second kappa shape index (κ2) is 3.75. The highest BCUT2D eigenvalue weighted by Gasteiger charge is 2.59. The fourth-order valence-electron chi connectivity index (χ4n) is 4.15. The molecule has 3 aliphatic rings. The summed E-state index contributed by atoms with van der Waals surface area (Å²) in [4.78, 5) is 26.1. The predicted molar refractivity (Wildman–Crippen MR) is 74.2 cm³/mol. The minimum Gasteiger partial charge on any atom is -0.360 e. The Morgan fingerprint density at radius 1 is 1.30 bits per heavy atom. The van der Waals surface area contributed by atoms with Crippen LogP contribution in [0.25, 0.3) is 0 Å². The Balaban J connectivity index is 1.75. The van der Waals surface area contributed by atoms with Crippen molar-refractivity contribution >= 4 is 17.5 Å². The van der Waals surface area contributed by atoms with Gasteiger partial charge in [-0.05, 0) is 25.0 Å². The fraction of sp³-hybridized carbons (Fsp3) is 0.467. The van der Waals surface area contributed by atoms with Crippen molar-refractivity contribution in [2.75, 3.05) is 5.32 Å². The summed E-state index contributed by atoms with van der Waals surface area (Å²) in [5, 5.41) is 6.61. The van der Waals surface area contributed by atoms with Gasteiger partial charge in [0.05, 0.1) is 11.6 Å². The van der Waals surface area contributed by atoms with Gasteiger partial charge in [0, 0.05) is 25.1 Å². The fourth-order valence-corrected chi connectivity index (χ4v) is 4.15. The van der Waals surface area contributed by atoms with E-state index in [0.717, 1.165) is 24.9 Å². The van der Waals surface area contributed by atoms with Gasteiger partial charge in [0.1, 0.15) is 5.66 Å². The molecule has 0 aliphatic carbocycles. The van der Waals surface area contributed by atoms with Crippen LogP contribution in [0.15, 0.2) is 24.3 Å². The number of hydrogen-bond acceptors (Lipinski definition) is 3. The molecule has 0 aromatic heterocycles. The maximum absolute atomic E-state index is 12.3. The molecule has 1 spiro atoms. The highest BCUT2D eigenvalue weighted by Crippen LogP contribution is 2.46. The first-order chi connectivity index (χ1) is 9.61. The first kappa shape index (κ1) is 11.8. The molecular formula is C15H17N3O2. The summed E-state index contributed by atoms with van der Waals surface area (Å²) in [6.45, 7) is 1.61. The monoisotopic (exact) mass is 271 g/mol. The number of fused-ring (bicyclic) bond motifs is 4. The number of nitrogens with one attached hydrogen (secondary N) is 2. The van der Waals surface area contributed by atoms with Crippen LogP contribution >= 0.6 is 0 Å². The van der Waals surface area contributed by atoms with Crippen LogP contribution in [0, 0.1) is 0 Å². The van der Waals surface area contributed by atoms with Gasteiger partial charge in [-0.1, -0.05) is 12.1 Å². The molecule has 4 rings (SSSR count). The van der Waals surface area contributed by atoms with E-state index in [1.165, 1.54) is 0 Å². The topological polar surface area (TPSA) is 61.4 Å². The van der Waals surface area contributed by atoms with Gasteiger partial charge < -0.3 is 15.5 Å². The molecule has 1 aromatic carbocycles. The van der Waals surface area contributed by atoms with E-state index in [1.54, 1.807) is 6.92 Å². The zero-order valence-electron chi connectivity index (χ0n) is 11.3. The Morgan fingerprint density at radius 2 is 2.10 bits per heavy atom. The minimum atomic E-state index is -0.486. The van der Waals surface area contributed by atoms with E-state index < -0.39 is 5.66 Å². The first-order valence-electron chi connectivity index (χ1n) is 7.09. The summed E-state index contributed by atoms with van der Waals surface area (Å²) in [6, 6.07) is 7.84. The molecule has 5 heteroatoms. The molecule has 2 amide bonds. The molecule has 0 saturated carbocycles. The zero-order chi connectivity index (χ0) is 13.9.